The lowest BCUT2D eigenvalue weighted by Gasteiger charge is -2.48. The molecule has 1 saturated heterocycles. The second-order valence-electron chi connectivity index (χ2n) is 5.82. The molecule has 1 aromatic rings. The standard InChI is InChI=1S/C15H22N2O/c1-15(10-18-11-15)13-6-8-17(9-7-16)14-5-3-2-4-12(13)14/h2-5,13H,6-11,16H2,1H3. The number of ether oxygens (including phenoxy) is 1. The molecule has 1 unspecified atom stereocenters. The highest BCUT2D eigenvalue weighted by Gasteiger charge is 2.44. The monoisotopic (exact) mass is 246 g/mol. The van der Waals surface area contributed by atoms with E-state index in [2.05, 4.69) is 36.1 Å². The summed E-state index contributed by atoms with van der Waals surface area (Å²) >= 11 is 0. The van der Waals surface area contributed by atoms with Gasteiger partial charge in [0, 0.05) is 30.7 Å². The number of nitrogens with two attached hydrogens (primary N) is 1. The molecular weight excluding hydrogens is 224 g/mol. The van der Waals surface area contributed by atoms with Gasteiger partial charge in [-0.05, 0) is 24.0 Å². The highest BCUT2D eigenvalue weighted by atomic mass is 16.5. The van der Waals surface area contributed by atoms with Crippen LogP contribution in [0.2, 0.25) is 0 Å². The van der Waals surface area contributed by atoms with Crippen LogP contribution in [0, 0.1) is 5.41 Å². The van der Waals surface area contributed by atoms with Gasteiger partial charge in [-0.1, -0.05) is 25.1 Å². The molecule has 2 heterocycles. The first-order chi connectivity index (χ1) is 8.74. The number of nitrogens with zero attached hydrogens (tertiary/aromatic N) is 1. The lowest BCUT2D eigenvalue weighted by molar-refractivity contribution is -0.118. The van der Waals surface area contributed by atoms with Crippen LogP contribution in [0.5, 0.6) is 0 Å². The Morgan fingerprint density at radius 2 is 2.17 bits per heavy atom. The molecule has 0 radical (unpaired) electrons. The molecule has 1 fully saturated rings. The third kappa shape index (κ3) is 1.82. The molecule has 3 heteroatoms. The Bertz CT molecular complexity index is 428. The predicted octanol–water partition coefficient (Wildman–Crippen LogP) is 1.98. The minimum absolute atomic E-state index is 0.338. The summed E-state index contributed by atoms with van der Waals surface area (Å²) in [5.41, 5.74) is 8.92. The van der Waals surface area contributed by atoms with E-state index in [1.165, 1.54) is 17.7 Å². The van der Waals surface area contributed by atoms with E-state index >= 15 is 0 Å². The fourth-order valence-corrected chi connectivity index (χ4v) is 3.37. The second kappa shape index (κ2) is 4.56. The fraction of sp³-hybridized carbons (Fsp3) is 0.600. The van der Waals surface area contributed by atoms with E-state index in [4.69, 9.17) is 10.5 Å². The van der Waals surface area contributed by atoms with Gasteiger partial charge in [0.2, 0.25) is 0 Å². The third-order valence-corrected chi connectivity index (χ3v) is 4.44. The Hall–Kier alpha value is -1.06. The molecule has 0 saturated carbocycles. The third-order valence-electron chi connectivity index (χ3n) is 4.44. The average molecular weight is 246 g/mol. The molecule has 18 heavy (non-hydrogen) atoms. The maximum atomic E-state index is 5.71. The van der Waals surface area contributed by atoms with Gasteiger partial charge < -0.3 is 15.4 Å². The SMILES string of the molecule is CC1(C2CCN(CCN)c3ccccc32)COC1. The maximum absolute atomic E-state index is 5.71. The van der Waals surface area contributed by atoms with E-state index in [-0.39, 0.29) is 0 Å². The van der Waals surface area contributed by atoms with Crippen LogP contribution in [-0.2, 0) is 4.74 Å². The molecule has 0 spiro atoms. The summed E-state index contributed by atoms with van der Waals surface area (Å²) < 4.78 is 5.45. The van der Waals surface area contributed by atoms with Crippen molar-refractivity contribution in [2.45, 2.75) is 19.3 Å². The Morgan fingerprint density at radius 1 is 1.39 bits per heavy atom. The highest BCUT2D eigenvalue weighted by Crippen LogP contribution is 2.48. The zero-order chi connectivity index (χ0) is 12.6. The van der Waals surface area contributed by atoms with Crippen molar-refractivity contribution in [1.82, 2.24) is 0 Å². The molecular formula is C15H22N2O. The summed E-state index contributed by atoms with van der Waals surface area (Å²) in [6, 6.07) is 8.80. The Labute approximate surface area is 109 Å². The lowest BCUT2D eigenvalue weighted by Crippen LogP contribution is -2.48. The summed E-state index contributed by atoms with van der Waals surface area (Å²) in [6.45, 7) is 6.97. The lowest BCUT2D eigenvalue weighted by atomic mass is 9.68. The molecule has 2 aliphatic rings. The van der Waals surface area contributed by atoms with E-state index in [1.807, 2.05) is 0 Å². The van der Waals surface area contributed by atoms with Gasteiger partial charge in [0.15, 0.2) is 0 Å². The van der Waals surface area contributed by atoms with Crippen molar-refractivity contribution < 1.29 is 4.74 Å². The molecule has 0 bridgehead atoms. The second-order valence-corrected chi connectivity index (χ2v) is 5.82. The number of hydrogen-bond acceptors (Lipinski definition) is 3. The van der Waals surface area contributed by atoms with Crippen molar-refractivity contribution in [2.75, 3.05) is 37.7 Å². The van der Waals surface area contributed by atoms with Crippen molar-refractivity contribution in [3.63, 3.8) is 0 Å². The van der Waals surface area contributed by atoms with E-state index in [9.17, 15) is 0 Å². The normalized spacial score (nSPS) is 25.4. The van der Waals surface area contributed by atoms with Crippen LogP contribution >= 0.6 is 0 Å². The smallest absolute Gasteiger partial charge is 0.0548 e. The van der Waals surface area contributed by atoms with Gasteiger partial charge in [-0.3, -0.25) is 0 Å². The fourth-order valence-electron chi connectivity index (χ4n) is 3.37. The first-order valence-electron chi connectivity index (χ1n) is 6.86. The van der Waals surface area contributed by atoms with Crippen molar-refractivity contribution >= 4 is 5.69 Å². The van der Waals surface area contributed by atoms with Crippen LogP contribution in [0.25, 0.3) is 0 Å². The van der Waals surface area contributed by atoms with Gasteiger partial charge in [0.05, 0.1) is 13.2 Å². The molecule has 1 aromatic carbocycles. The van der Waals surface area contributed by atoms with Crippen molar-refractivity contribution in [3.8, 4) is 0 Å². The van der Waals surface area contributed by atoms with Crippen molar-refractivity contribution in [3.05, 3.63) is 29.8 Å². The highest BCUT2D eigenvalue weighted by molar-refractivity contribution is 5.57. The zero-order valence-corrected chi connectivity index (χ0v) is 11.1. The van der Waals surface area contributed by atoms with E-state index in [0.29, 0.717) is 11.3 Å². The van der Waals surface area contributed by atoms with Crippen LogP contribution in [0.3, 0.4) is 0 Å². The van der Waals surface area contributed by atoms with Crippen LogP contribution < -0.4 is 10.6 Å². The van der Waals surface area contributed by atoms with E-state index in [0.717, 1.165) is 32.8 Å². The quantitative estimate of drug-likeness (QED) is 0.886. The average Bonchev–Trinajstić information content (AvgIpc) is 2.37. The molecule has 2 aliphatic heterocycles. The van der Waals surface area contributed by atoms with Crippen molar-refractivity contribution in [1.29, 1.82) is 0 Å². The summed E-state index contributed by atoms with van der Waals surface area (Å²) in [5, 5.41) is 0. The van der Waals surface area contributed by atoms with Gasteiger partial charge in [0.25, 0.3) is 0 Å². The van der Waals surface area contributed by atoms with E-state index < -0.39 is 0 Å². The molecule has 3 rings (SSSR count). The summed E-state index contributed by atoms with van der Waals surface area (Å²) in [5.74, 6) is 0.636. The summed E-state index contributed by atoms with van der Waals surface area (Å²) in [7, 11) is 0. The first kappa shape index (κ1) is 12.0. The van der Waals surface area contributed by atoms with Gasteiger partial charge in [0.1, 0.15) is 0 Å². The molecule has 3 nitrogen and oxygen atoms in total. The minimum Gasteiger partial charge on any atom is -0.380 e. The Kier molecular flexibility index (Phi) is 3.04. The Balaban J connectivity index is 1.94. The van der Waals surface area contributed by atoms with E-state index in [1.54, 1.807) is 0 Å². The molecule has 0 amide bonds. The van der Waals surface area contributed by atoms with Crippen LogP contribution in [0.15, 0.2) is 24.3 Å². The molecule has 0 aliphatic carbocycles. The van der Waals surface area contributed by atoms with Crippen LogP contribution in [-0.4, -0.2) is 32.8 Å². The number of benzene rings is 1. The van der Waals surface area contributed by atoms with Crippen molar-refractivity contribution in [2.24, 2.45) is 11.1 Å². The predicted molar refractivity (Wildman–Crippen MR) is 74.0 cm³/mol. The van der Waals surface area contributed by atoms with Gasteiger partial charge >= 0.3 is 0 Å². The zero-order valence-electron chi connectivity index (χ0n) is 11.1. The molecule has 98 valence electrons. The van der Waals surface area contributed by atoms with Crippen LogP contribution in [0.4, 0.5) is 5.69 Å². The van der Waals surface area contributed by atoms with Gasteiger partial charge in [-0.25, -0.2) is 0 Å². The minimum atomic E-state index is 0.338. The molecule has 1 atom stereocenters. The molecule has 0 aromatic heterocycles. The topological polar surface area (TPSA) is 38.5 Å². The summed E-state index contributed by atoms with van der Waals surface area (Å²) in [4.78, 5) is 2.43. The maximum Gasteiger partial charge on any atom is 0.0548 e. The number of rotatable bonds is 3. The number of fused-ring (bicyclic) bond motifs is 1. The number of para-hydroxylation sites is 1. The Morgan fingerprint density at radius 3 is 2.83 bits per heavy atom. The number of anilines is 1. The number of hydrogen-bond donors (Lipinski definition) is 1. The van der Waals surface area contributed by atoms with Crippen LogP contribution in [0.1, 0.15) is 24.8 Å². The molecule has 2 N–H and O–H groups in total. The summed E-state index contributed by atoms with van der Waals surface area (Å²) in [6.07, 6.45) is 1.22. The largest absolute Gasteiger partial charge is 0.380 e. The van der Waals surface area contributed by atoms with Gasteiger partial charge in [-0.2, -0.15) is 0 Å². The van der Waals surface area contributed by atoms with Gasteiger partial charge in [-0.15, -0.1) is 0 Å². The first-order valence-corrected chi connectivity index (χ1v) is 6.86.